The molecular formula is C18H38N2. The van der Waals surface area contributed by atoms with Crippen molar-refractivity contribution in [3.05, 3.63) is 0 Å². The first-order chi connectivity index (χ1) is 9.43. The summed E-state index contributed by atoms with van der Waals surface area (Å²) < 4.78 is 0. The van der Waals surface area contributed by atoms with Gasteiger partial charge in [0.25, 0.3) is 0 Å². The third kappa shape index (κ3) is 5.04. The smallest absolute Gasteiger partial charge is 0.0332 e. The monoisotopic (exact) mass is 282 g/mol. The van der Waals surface area contributed by atoms with Crippen LogP contribution in [0, 0.1) is 17.8 Å². The van der Waals surface area contributed by atoms with Gasteiger partial charge in [-0.3, -0.25) is 4.90 Å². The Morgan fingerprint density at radius 2 is 1.55 bits per heavy atom. The van der Waals surface area contributed by atoms with Gasteiger partial charge in [-0.15, -0.1) is 0 Å². The molecule has 0 heterocycles. The lowest BCUT2D eigenvalue weighted by atomic mass is 9.73. The number of nitrogens with two attached hydrogens (primary N) is 1. The van der Waals surface area contributed by atoms with Gasteiger partial charge in [-0.05, 0) is 43.4 Å². The predicted molar refractivity (Wildman–Crippen MR) is 89.9 cm³/mol. The quantitative estimate of drug-likeness (QED) is 0.719. The molecule has 2 N–H and O–H groups in total. The fourth-order valence-electron chi connectivity index (χ4n) is 3.90. The molecule has 0 unspecified atom stereocenters. The Kier molecular flexibility index (Phi) is 7.53. The zero-order chi connectivity index (χ0) is 15.2. The third-order valence-electron chi connectivity index (χ3n) is 4.95. The largest absolute Gasteiger partial charge is 0.329 e. The Hall–Kier alpha value is -0.0800. The van der Waals surface area contributed by atoms with E-state index >= 15 is 0 Å². The average molecular weight is 283 g/mol. The number of nitrogens with zero attached hydrogens (tertiary/aromatic N) is 1. The highest BCUT2D eigenvalue weighted by Gasteiger charge is 2.39. The van der Waals surface area contributed by atoms with Gasteiger partial charge >= 0.3 is 0 Å². The third-order valence-corrected chi connectivity index (χ3v) is 4.95. The Morgan fingerprint density at radius 1 is 1.05 bits per heavy atom. The lowest BCUT2D eigenvalue weighted by molar-refractivity contribution is 0.0230. The maximum absolute atomic E-state index is 6.27. The van der Waals surface area contributed by atoms with E-state index in [2.05, 4.69) is 39.5 Å². The second kappa shape index (κ2) is 8.38. The van der Waals surface area contributed by atoms with Crippen molar-refractivity contribution in [2.45, 2.75) is 78.7 Å². The second-order valence-electron chi connectivity index (χ2n) is 7.85. The van der Waals surface area contributed by atoms with E-state index in [0.29, 0.717) is 5.54 Å². The van der Waals surface area contributed by atoms with E-state index in [0.717, 1.165) is 24.3 Å². The highest BCUT2D eigenvalue weighted by molar-refractivity contribution is 4.96. The van der Waals surface area contributed by atoms with Crippen LogP contribution in [-0.4, -0.2) is 30.1 Å². The van der Waals surface area contributed by atoms with Crippen LogP contribution in [0.5, 0.6) is 0 Å². The topological polar surface area (TPSA) is 29.3 Å². The summed E-state index contributed by atoms with van der Waals surface area (Å²) in [6, 6.07) is 0. The average Bonchev–Trinajstić information content (AvgIpc) is 2.38. The van der Waals surface area contributed by atoms with Gasteiger partial charge in [0.1, 0.15) is 0 Å². The van der Waals surface area contributed by atoms with Crippen LogP contribution in [0.25, 0.3) is 0 Å². The molecule has 1 rings (SSSR count). The minimum absolute atomic E-state index is 0.290. The van der Waals surface area contributed by atoms with E-state index in [-0.39, 0.29) is 0 Å². The molecule has 0 saturated heterocycles. The standard InChI is InChI=1S/C18H38N2/c1-6-7-17-8-10-18(14-19,11-9-17)20(12-15(2)3)13-16(4)5/h15-17H,6-14,19H2,1-5H3. The van der Waals surface area contributed by atoms with Crippen molar-refractivity contribution in [3.63, 3.8) is 0 Å². The van der Waals surface area contributed by atoms with Gasteiger partial charge in [-0.1, -0.05) is 47.5 Å². The Balaban J connectivity index is 2.73. The van der Waals surface area contributed by atoms with Crippen LogP contribution >= 0.6 is 0 Å². The Morgan fingerprint density at radius 3 is 1.90 bits per heavy atom. The zero-order valence-electron chi connectivity index (χ0n) is 14.6. The molecule has 1 saturated carbocycles. The fourth-order valence-corrected chi connectivity index (χ4v) is 3.90. The molecular weight excluding hydrogens is 244 g/mol. The maximum atomic E-state index is 6.27. The van der Waals surface area contributed by atoms with E-state index in [1.165, 1.54) is 51.6 Å². The van der Waals surface area contributed by atoms with E-state index in [1.807, 2.05) is 0 Å². The van der Waals surface area contributed by atoms with Crippen molar-refractivity contribution in [2.24, 2.45) is 23.5 Å². The van der Waals surface area contributed by atoms with Gasteiger partial charge in [-0.25, -0.2) is 0 Å². The van der Waals surface area contributed by atoms with Gasteiger partial charge in [-0.2, -0.15) is 0 Å². The molecule has 0 aromatic heterocycles. The SMILES string of the molecule is CCCC1CCC(CN)(N(CC(C)C)CC(C)C)CC1. The van der Waals surface area contributed by atoms with Crippen molar-refractivity contribution in [3.8, 4) is 0 Å². The van der Waals surface area contributed by atoms with E-state index < -0.39 is 0 Å². The van der Waals surface area contributed by atoms with E-state index in [4.69, 9.17) is 5.73 Å². The number of rotatable bonds is 8. The van der Waals surface area contributed by atoms with E-state index in [9.17, 15) is 0 Å². The Bertz CT molecular complexity index is 242. The molecule has 0 amide bonds. The summed E-state index contributed by atoms with van der Waals surface area (Å²) in [6.45, 7) is 14.9. The summed E-state index contributed by atoms with van der Waals surface area (Å²) in [7, 11) is 0. The van der Waals surface area contributed by atoms with Gasteiger partial charge in [0.05, 0.1) is 0 Å². The first-order valence-electron chi connectivity index (χ1n) is 8.88. The number of hydrogen-bond donors (Lipinski definition) is 1. The Labute approximate surface area is 127 Å². The summed E-state index contributed by atoms with van der Waals surface area (Å²) in [6.07, 6.45) is 8.15. The molecule has 20 heavy (non-hydrogen) atoms. The highest BCUT2D eigenvalue weighted by atomic mass is 15.2. The molecule has 2 nitrogen and oxygen atoms in total. The summed E-state index contributed by atoms with van der Waals surface area (Å²) >= 11 is 0. The van der Waals surface area contributed by atoms with Crippen molar-refractivity contribution in [1.82, 2.24) is 4.90 Å². The summed E-state index contributed by atoms with van der Waals surface area (Å²) in [5, 5.41) is 0. The first kappa shape index (κ1) is 18.0. The van der Waals surface area contributed by atoms with Gasteiger partial charge in [0.15, 0.2) is 0 Å². The molecule has 0 aliphatic heterocycles. The van der Waals surface area contributed by atoms with Crippen LogP contribution in [0.2, 0.25) is 0 Å². The van der Waals surface area contributed by atoms with Crippen LogP contribution in [-0.2, 0) is 0 Å². The van der Waals surface area contributed by atoms with Crippen molar-refractivity contribution in [2.75, 3.05) is 19.6 Å². The second-order valence-corrected chi connectivity index (χ2v) is 7.85. The summed E-state index contributed by atoms with van der Waals surface area (Å²) in [5.41, 5.74) is 6.56. The fraction of sp³-hybridized carbons (Fsp3) is 1.00. The molecule has 1 aliphatic rings. The maximum Gasteiger partial charge on any atom is 0.0332 e. The molecule has 120 valence electrons. The summed E-state index contributed by atoms with van der Waals surface area (Å²) in [5.74, 6) is 2.41. The lowest BCUT2D eigenvalue weighted by Crippen LogP contribution is -2.57. The van der Waals surface area contributed by atoms with Gasteiger partial charge < -0.3 is 5.73 Å². The molecule has 0 atom stereocenters. The van der Waals surface area contributed by atoms with Gasteiger partial charge in [0, 0.05) is 25.2 Å². The summed E-state index contributed by atoms with van der Waals surface area (Å²) in [4.78, 5) is 2.74. The van der Waals surface area contributed by atoms with Crippen molar-refractivity contribution < 1.29 is 0 Å². The van der Waals surface area contributed by atoms with Crippen LogP contribution in [0.1, 0.15) is 73.1 Å². The molecule has 0 radical (unpaired) electrons. The van der Waals surface area contributed by atoms with Crippen LogP contribution < -0.4 is 5.73 Å². The van der Waals surface area contributed by atoms with E-state index in [1.54, 1.807) is 0 Å². The zero-order valence-corrected chi connectivity index (χ0v) is 14.6. The highest BCUT2D eigenvalue weighted by Crippen LogP contribution is 2.38. The van der Waals surface area contributed by atoms with Crippen LogP contribution in [0.3, 0.4) is 0 Å². The molecule has 2 heteroatoms. The molecule has 0 bridgehead atoms. The predicted octanol–water partition coefficient (Wildman–Crippen LogP) is 4.29. The normalized spacial score (nSPS) is 27.8. The van der Waals surface area contributed by atoms with Crippen LogP contribution in [0.15, 0.2) is 0 Å². The molecule has 1 aliphatic carbocycles. The van der Waals surface area contributed by atoms with Crippen LogP contribution in [0.4, 0.5) is 0 Å². The van der Waals surface area contributed by atoms with Crippen molar-refractivity contribution >= 4 is 0 Å². The molecule has 0 spiro atoms. The van der Waals surface area contributed by atoms with Crippen molar-refractivity contribution in [1.29, 1.82) is 0 Å². The van der Waals surface area contributed by atoms with Gasteiger partial charge in [0.2, 0.25) is 0 Å². The molecule has 0 aromatic carbocycles. The minimum atomic E-state index is 0.290. The first-order valence-corrected chi connectivity index (χ1v) is 8.88. The number of hydrogen-bond acceptors (Lipinski definition) is 2. The molecule has 1 fully saturated rings. The molecule has 0 aromatic rings. The lowest BCUT2D eigenvalue weighted by Gasteiger charge is -2.49. The minimum Gasteiger partial charge on any atom is -0.329 e.